The summed E-state index contributed by atoms with van der Waals surface area (Å²) in [5, 5.41) is 0. The van der Waals surface area contributed by atoms with Gasteiger partial charge >= 0.3 is 0 Å². The molecular weight excluding hydrogens is 271 g/mol. The smallest absolute Gasteiger partial charge is 0.150 e. The van der Waals surface area contributed by atoms with Crippen molar-refractivity contribution in [1.29, 1.82) is 0 Å². The van der Waals surface area contributed by atoms with Gasteiger partial charge in [-0.25, -0.2) is 4.39 Å². The summed E-state index contributed by atoms with van der Waals surface area (Å²) in [5.41, 5.74) is 6.57. The number of rotatable bonds is 7. The fraction of sp³-hybridized carbons (Fsp3) is 0.625. The third kappa shape index (κ3) is 4.86. The van der Waals surface area contributed by atoms with Gasteiger partial charge in [0.2, 0.25) is 0 Å². The van der Waals surface area contributed by atoms with Crippen LogP contribution in [0.15, 0.2) is 18.2 Å². The van der Waals surface area contributed by atoms with Crippen molar-refractivity contribution in [3.8, 4) is 5.75 Å². The normalized spacial score (nSPS) is 18.8. The SMILES string of the molecule is COCCCCOc1ccc(N2CCCC(N)C2)c(F)c1. The fourth-order valence-electron chi connectivity index (χ4n) is 2.60. The van der Waals surface area contributed by atoms with E-state index < -0.39 is 0 Å². The van der Waals surface area contributed by atoms with Crippen molar-refractivity contribution in [3.63, 3.8) is 0 Å². The number of nitrogens with zero attached hydrogens (tertiary/aromatic N) is 1. The number of unbranched alkanes of at least 4 members (excludes halogenated alkanes) is 1. The molecule has 0 bridgehead atoms. The number of benzene rings is 1. The van der Waals surface area contributed by atoms with Crippen LogP contribution < -0.4 is 15.4 Å². The average molecular weight is 296 g/mol. The zero-order valence-electron chi connectivity index (χ0n) is 12.7. The molecule has 0 aromatic heterocycles. The van der Waals surface area contributed by atoms with E-state index in [9.17, 15) is 4.39 Å². The van der Waals surface area contributed by atoms with Crippen LogP contribution in [0.1, 0.15) is 25.7 Å². The molecule has 1 atom stereocenters. The lowest BCUT2D eigenvalue weighted by atomic mass is 10.1. The molecule has 0 radical (unpaired) electrons. The van der Waals surface area contributed by atoms with Gasteiger partial charge in [-0.05, 0) is 37.8 Å². The molecule has 1 unspecified atom stereocenters. The number of hydrogen-bond donors (Lipinski definition) is 1. The van der Waals surface area contributed by atoms with Gasteiger partial charge in [-0.15, -0.1) is 0 Å². The Morgan fingerprint density at radius 1 is 1.33 bits per heavy atom. The number of anilines is 1. The molecule has 0 aliphatic carbocycles. The van der Waals surface area contributed by atoms with Crippen LogP contribution in [0.5, 0.6) is 5.75 Å². The Labute approximate surface area is 126 Å². The molecule has 0 saturated carbocycles. The second kappa shape index (κ2) is 8.20. The van der Waals surface area contributed by atoms with Crippen LogP contribution in [-0.4, -0.2) is 39.5 Å². The van der Waals surface area contributed by atoms with Crippen molar-refractivity contribution in [2.24, 2.45) is 5.73 Å². The average Bonchev–Trinajstić information content (AvgIpc) is 2.47. The molecule has 2 N–H and O–H groups in total. The maximum absolute atomic E-state index is 14.2. The number of halogens is 1. The lowest BCUT2D eigenvalue weighted by molar-refractivity contribution is 0.184. The Morgan fingerprint density at radius 3 is 2.86 bits per heavy atom. The summed E-state index contributed by atoms with van der Waals surface area (Å²) in [5.74, 6) is 0.341. The van der Waals surface area contributed by atoms with E-state index in [0.717, 1.165) is 38.8 Å². The predicted molar refractivity (Wildman–Crippen MR) is 82.4 cm³/mol. The molecule has 1 aromatic carbocycles. The molecule has 0 amide bonds. The van der Waals surface area contributed by atoms with Crippen LogP contribution in [-0.2, 0) is 4.74 Å². The number of methoxy groups -OCH3 is 1. The number of hydrogen-bond acceptors (Lipinski definition) is 4. The lowest BCUT2D eigenvalue weighted by Gasteiger charge is -2.32. The first-order valence-electron chi connectivity index (χ1n) is 7.62. The number of nitrogens with two attached hydrogens (primary N) is 1. The highest BCUT2D eigenvalue weighted by molar-refractivity contribution is 5.51. The summed E-state index contributed by atoms with van der Waals surface area (Å²) in [6.45, 7) is 2.89. The highest BCUT2D eigenvalue weighted by atomic mass is 19.1. The van der Waals surface area contributed by atoms with Crippen molar-refractivity contribution in [1.82, 2.24) is 0 Å². The minimum Gasteiger partial charge on any atom is -0.493 e. The maximum Gasteiger partial charge on any atom is 0.150 e. The molecule has 5 heteroatoms. The van der Waals surface area contributed by atoms with Gasteiger partial charge in [-0.2, -0.15) is 0 Å². The molecule has 1 saturated heterocycles. The van der Waals surface area contributed by atoms with Crippen LogP contribution in [0.25, 0.3) is 0 Å². The van der Waals surface area contributed by atoms with Gasteiger partial charge < -0.3 is 20.1 Å². The second-order valence-electron chi connectivity index (χ2n) is 5.51. The molecule has 4 nitrogen and oxygen atoms in total. The van der Waals surface area contributed by atoms with Crippen LogP contribution in [0.4, 0.5) is 10.1 Å². The Balaban J connectivity index is 1.88. The van der Waals surface area contributed by atoms with Gasteiger partial charge in [-0.3, -0.25) is 0 Å². The Bertz CT molecular complexity index is 442. The molecule has 2 rings (SSSR count). The van der Waals surface area contributed by atoms with Gasteiger partial charge in [-0.1, -0.05) is 0 Å². The van der Waals surface area contributed by atoms with Gasteiger partial charge in [0, 0.05) is 38.9 Å². The first kappa shape index (κ1) is 16.0. The highest BCUT2D eigenvalue weighted by Crippen LogP contribution is 2.26. The van der Waals surface area contributed by atoms with E-state index in [1.54, 1.807) is 13.2 Å². The molecule has 1 fully saturated rings. The van der Waals surface area contributed by atoms with Crippen molar-refractivity contribution in [2.75, 3.05) is 38.3 Å². The summed E-state index contributed by atoms with van der Waals surface area (Å²) in [6, 6.07) is 5.22. The quantitative estimate of drug-likeness (QED) is 0.786. The zero-order chi connectivity index (χ0) is 15.1. The second-order valence-corrected chi connectivity index (χ2v) is 5.51. The van der Waals surface area contributed by atoms with Crippen LogP contribution in [0.3, 0.4) is 0 Å². The van der Waals surface area contributed by atoms with E-state index in [1.807, 2.05) is 11.0 Å². The van der Waals surface area contributed by atoms with Gasteiger partial charge in [0.25, 0.3) is 0 Å². The molecule has 1 aliphatic rings. The van der Waals surface area contributed by atoms with E-state index in [-0.39, 0.29) is 11.9 Å². The molecule has 21 heavy (non-hydrogen) atoms. The first-order chi connectivity index (χ1) is 10.2. The van der Waals surface area contributed by atoms with E-state index in [1.165, 1.54) is 6.07 Å². The van der Waals surface area contributed by atoms with Crippen molar-refractivity contribution < 1.29 is 13.9 Å². The van der Waals surface area contributed by atoms with E-state index >= 15 is 0 Å². The Hall–Kier alpha value is -1.33. The minimum absolute atomic E-state index is 0.134. The fourth-order valence-corrected chi connectivity index (χ4v) is 2.60. The highest BCUT2D eigenvalue weighted by Gasteiger charge is 2.19. The topological polar surface area (TPSA) is 47.7 Å². The molecule has 0 spiro atoms. The summed E-state index contributed by atoms with van der Waals surface area (Å²) in [7, 11) is 1.68. The number of ether oxygens (including phenoxy) is 2. The molecule has 1 aromatic rings. The standard InChI is InChI=1S/C16H25FN2O2/c1-20-9-2-3-10-21-14-6-7-16(15(17)11-14)19-8-4-5-13(18)12-19/h6-7,11,13H,2-5,8-10,12,18H2,1H3. The molecule has 118 valence electrons. The monoisotopic (exact) mass is 296 g/mol. The summed E-state index contributed by atoms with van der Waals surface area (Å²) < 4.78 is 24.7. The Morgan fingerprint density at radius 2 is 2.14 bits per heavy atom. The Kier molecular flexibility index (Phi) is 6.26. The van der Waals surface area contributed by atoms with E-state index in [4.69, 9.17) is 15.2 Å². The van der Waals surface area contributed by atoms with Crippen molar-refractivity contribution in [2.45, 2.75) is 31.7 Å². The summed E-state index contributed by atoms with van der Waals surface area (Å²) in [6.07, 6.45) is 3.88. The first-order valence-corrected chi connectivity index (χ1v) is 7.62. The predicted octanol–water partition coefficient (Wildman–Crippen LogP) is 2.56. The van der Waals surface area contributed by atoms with E-state index in [0.29, 0.717) is 24.6 Å². The maximum atomic E-state index is 14.2. The zero-order valence-corrected chi connectivity index (χ0v) is 12.7. The van der Waals surface area contributed by atoms with Crippen LogP contribution in [0, 0.1) is 5.82 Å². The van der Waals surface area contributed by atoms with Gasteiger partial charge in [0.05, 0.1) is 12.3 Å². The van der Waals surface area contributed by atoms with E-state index in [2.05, 4.69) is 0 Å². The van der Waals surface area contributed by atoms with Gasteiger partial charge in [0.1, 0.15) is 11.6 Å². The molecule has 1 heterocycles. The minimum atomic E-state index is -0.238. The summed E-state index contributed by atoms with van der Waals surface area (Å²) >= 11 is 0. The lowest BCUT2D eigenvalue weighted by Crippen LogP contribution is -2.43. The van der Waals surface area contributed by atoms with Gasteiger partial charge in [0.15, 0.2) is 0 Å². The van der Waals surface area contributed by atoms with Crippen molar-refractivity contribution in [3.05, 3.63) is 24.0 Å². The largest absolute Gasteiger partial charge is 0.493 e. The third-order valence-corrected chi connectivity index (χ3v) is 3.73. The number of piperidine rings is 1. The third-order valence-electron chi connectivity index (χ3n) is 3.73. The molecular formula is C16H25FN2O2. The van der Waals surface area contributed by atoms with Crippen LogP contribution >= 0.6 is 0 Å². The van der Waals surface area contributed by atoms with Crippen LogP contribution in [0.2, 0.25) is 0 Å². The molecule has 1 aliphatic heterocycles. The van der Waals surface area contributed by atoms with Crippen molar-refractivity contribution >= 4 is 5.69 Å². The summed E-state index contributed by atoms with van der Waals surface area (Å²) in [4.78, 5) is 2.02.